The monoisotopic (exact) mass is 298 g/mol. The first-order valence-corrected chi connectivity index (χ1v) is 6.51. The lowest BCUT2D eigenvalue weighted by molar-refractivity contribution is 0.630. The predicted molar refractivity (Wildman–Crippen MR) is 77.9 cm³/mol. The van der Waals surface area contributed by atoms with Crippen molar-refractivity contribution in [2.75, 3.05) is 0 Å². The summed E-state index contributed by atoms with van der Waals surface area (Å²) in [4.78, 5) is 25.2. The molecule has 0 saturated heterocycles. The van der Waals surface area contributed by atoms with E-state index in [2.05, 4.69) is 15.2 Å². The van der Waals surface area contributed by atoms with Crippen LogP contribution in [0.2, 0.25) is 0 Å². The van der Waals surface area contributed by atoms with E-state index in [0.29, 0.717) is 17.0 Å². The van der Waals surface area contributed by atoms with Crippen LogP contribution in [-0.4, -0.2) is 19.7 Å². The van der Waals surface area contributed by atoms with E-state index in [1.165, 1.54) is 23.0 Å². The van der Waals surface area contributed by atoms with E-state index in [1.54, 1.807) is 30.3 Å². The molecule has 3 rings (SSSR count). The Bertz CT molecular complexity index is 916. The van der Waals surface area contributed by atoms with Crippen LogP contribution >= 0.6 is 0 Å². The average Bonchev–Trinajstić information content (AvgIpc) is 2.53. The van der Waals surface area contributed by atoms with Gasteiger partial charge in [-0.1, -0.05) is 12.1 Å². The van der Waals surface area contributed by atoms with E-state index in [9.17, 15) is 14.0 Å². The van der Waals surface area contributed by atoms with Gasteiger partial charge in [0.15, 0.2) is 0 Å². The standard InChI is InChI=1S/C15H11FN4O2/c16-12-4-2-1-3-11(12)13-6-5-10(18-19-13)9-20-8-7-17-14(21)15(20)22/h1-8H,9H2,(H,17,21). The second kappa shape index (κ2) is 5.72. The zero-order valence-electron chi connectivity index (χ0n) is 11.4. The SMILES string of the molecule is O=c1[nH]ccn(Cc2ccc(-c3ccccc3F)nn2)c1=O. The summed E-state index contributed by atoms with van der Waals surface area (Å²) in [6.07, 6.45) is 2.83. The summed E-state index contributed by atoms with van der Waals surface area (Å²) in [6.45, 7) is 0.118. The molecule has 0 aliphatic rings. The van der Waals surface area contributed by atoms with Crippen molar-refractivity contribution in [1.82, 2.24) is 19.7 Å². The Kier molecular flexibility index (Phi) is 3.61. The molecule has 0 radical (unpaired) electrons. The van der Waals surface area contributed by atoms with Crippen molar-refractivity contribution >= 4 is 0 Å². The number of hydrogen-bond donors (Lipinski definition) is 1. The Balaban J connectivity index is 1.89. The molecule has 3 aromatic rings. The number of benzene rings is 1. The van der Waals surface area contributed by atoms with Crippen molar-refractivity contribution < 1.29 is 4.39 Å². The number of aromatic amines is 1. The molecule has 110 valence electrons. The van der Waals surface area contributed by atoms with E-state index in [4.69, 9.17) is 0 Å². The van der Waals surface area contributed by atoms with Gasteiger partial charge >= 0.3 is 11.1 Å². The zero-order valence-corrected chi connectivity index (χ0v) is 11.4. The van der Waals surface area contributed by atoms with E-state index in [1.807, 2.05) is 0 Å². The fourth-order valence-corrected chi connectivity index (χ4v) is 2.02. The van der Waals surface area contributed by atoms with Crippen molar-refractivity contribution in [1.29, 1.82) is 0 Å². The summed E-state index contributed by atoms with van der Waals surface area (Å²) in [7, 11) is 0. The molecule has 0 atom stereocenters. The minimum Gasteiger partial charge on any atom is -0.323 e. The quantitative estimate of drug-likeness (QED) is 0.736. The predicted octanol–water partition coefficient (Wildman–Crippen LogP) is 1.18. The second-order valence-electron chi connectivity index (χ2n) is 4.61. The van der Waals surface area contributed by atoms with Gasteiger partial charge in [-0.25, -0.2) is 4.39 Å². The van der Waals surface area contributed by atoms with Gasteiger partial charge in [-0.3, -0.25) is 9.59 Å². The molecule has 2 heterocycles. The third kappa shape index (κ3) is 2.69. The van der Waals surface area contributed by atoms with Crippen LogP contribution < -0.4 is 11.1 Å². The molecule has 0 aliphatic heterocycles. The first kappa shape index (κ1) is 13.9. The van der Waals surface area contributed by atoms with Crippen LogP contribution in [0.5, 0.6) is 0 Å². The molecule has 6 nitrogen and oxygen atoms in total. The Morgan fingerprint density at radius 1 is 1.09 bits per heavy atom. The normalized spacial score (nSPS) is 10.6. The Labute approximate surface area is 123 Å². The lowest BCUT2D eigenvalue weighted by atomic mass is 10.1. The number of aromatic nitrogens is 4. The third-order valence-electron chi connectivity index (χ3n) is 3.13. The van der Waals surface area contributed by atoms with Crippen molar-refractivity contribution in [3.05, 3.63) is 81.0 Å². The number of halogens is 1. The van der Waals surface area contributed by atoms with Crippen LogP contribution in [0.1, 0.15) is 5.69 Å². The summed E-state index contributed by atoms with van der Waals surface area (Å²) in [6, 6.07) is 9.53. The fraction of sp³-hybridized carbons (Fsp3) is 0.0667. The largest absolute Gasteiger partial charge is 0.323 e. The average molecular weight is 298 g/mol. The third-order valence-corrected chi connectivity index (χ3v) is 3.13. The minimum absolute atomic E-state index is 0.118. The van der Waals surface area contributed by atoms with Crippen molar-refractivity contribution in [3.63, 3.8) is 0 Å². The summed E-state index contributed by atoms with van der Waals surface area (Å²) in [5.41, 5.74) is -0.108. The molecule has 0 fully saturated rings. The van der Waals surface area contributed by atoms with Crippen LogP contribution in [0, 0.1) is 5.82 Å². The maximum atomic E-state index is 13.7. The van der Waals surface area contributed by atoms with Crippen LogP contribution in [0.3, 0.4) is 0 Å². The lowest BCUT2D eigenvalue weighted by Crippen LogP contribution is -2.35. The van der Waals surface area contributed by atoms with Crippen molar-refractivity contribution in [2.24, 2.45) is 0 Å². The Hall–Kier alpha value is -3.09. The first-order valence-electron chi connectivity index (χ1n) is 6.51. The topological polar surface area (TPSA) is 80.6 Å². The summed E-state index contributed by atoms with van der Waals surface area (Å²) < 4.78 is 14.9. The Morgan fingerprint density at radius 2 is 1.91 bits per heavy atom. The van der Waals surface area contributed by atoms with Gasteiger partial charge in [0.1, 0.15) is 5.82 Å². The molecule has 7 heteroatoms. The maximum absolute atomic E-state index is 13.7. The molecule has 0 saturated carbocycles. The molecular weight excluding hydrogens is 287 g/mol. The molecule has 0 bridgehead atoms. The molecular formula is C15H11FN4O2. The highest BCUT2D eigenvalue weighted by atomic mass is 19.1. The number of nitrogens with one attached hydrogen (secondary N) is 1. The van der Waals surface area contributed by atoms with Crippen LogP contribution in [0.15, 0.2) is 58.4 Å². The highest BCUT2D eigenvalue weighted by Crippen LogP contribution is 2.19. The van der Waals surface area contributed by atoms with Crippen LogP contribution in [-0.2, 0) is 6.54 Å². The summed E-state index contributed by atoms with van der Waals surface area (Å²) >= 11 is 0. The van der Waals surface area contributed by atoms with E-state index in [0.717, 1.165) is 0 Å². The number of nitrogens with zero attached hydrogens (tertiary/aromatic N) is 3. The summed E-state index contributed by atoms with van der Waals surface area (Å²) in [5.74, 6) is -0.379. The van der Waals surface area contributed by atoms with Crippen molar-refractivity contribution in [2.45, 2.75) is 6.54 Å². The molecule has 0 unspecified atom stereocenters. The van der Waals surface area contributed by atoms with Gasteiger partial charge in [0.2, 0.25) is 0 Å². The van der Waals surface area contributed by atoms with Gasteiger partial charge in [0, 0.05) is 18.0 Å². The highest BCUT2D eigenvalue weighted by Gasteiger charge is 2.07. The van der Waals surface area contributed by atoms with Gasteiger partial charge in [0.25, 0.3) is 0 Å². The van der Waals surface area contributed by atoms with Gasteiger partial charge in [-0.05, 0) is 24.3 Å². The first-order chi connectivity index (χ1) is 10.6. The smallest absolute Gasteiger partial charge is 0.316 e. The van der Waals surface area contributed by atoms with Gasteiger partial charge in [-0.2, -0.15) is 10.2 Å². The fourth-order valence-electron chi connectivity index (χ4n) is 2.02. The second-order valence-corrected chi connectivity index (χ2v) is 4.61. The molecule has 0 spiro atoms. The molecule has 2 aromatic heterocycles. The van der Waals surface area contributed by atoms with E-state index in [-0.39, 0.29) is 12.4 Å². The summed E-state index contributed by atoms with van der Waals surface area (Å²) in [5, 5.41) is 7.94. The molecule has 22 heavy (non-hydrogen) atoms. The van der Waals surface area contributed by atoms with Crippen LogP contribution in [0.4, 0.5) is 4.39 Å². The van der Waals surface area contributed by atoms with E-state index >= 15 is 0 Å². The van der Waals surface area contributed by atoms with Gasteiger partial charge in [-0.15, -0.1) is 0 Å². The van der Waals surface area contributed by atoms with Crippen molar-refractivity contribution in [3.8, 4) is 11.3 Å². The molecule has 0 amide bonds. The molecule has 1 aromatic carbocycles. The zero-order chi connectivity index (χ0) is 15.5. The van der Waals surface area contributed by atoms with Gasteiger partial charge in [0.05, 0.1) is 17.9 Å². The number of H-pyrrole nitrogens is 1. The maximum Gasteiger partial charge on any atom is 0.316 e. The molecule has 0 aliphatic carbocycles. The molecule has 1 N–H and O–H groups in total. The van der Waals surface area contributed by atoms with Gasteiger partial charge < -0.3 is 9.55 Å². The Morgan fingerprint density at radius 3 is 2.64 bits per heavy atom. The van der Waals surface area contributed by atoms with Crippen LogP contribution in [0.25, 0.3) is 11.3 Å². The minimum atomic E-state index is -0.696. The lowest BCUT2D eigenvalue weighted by Gasteiger charge is -2.05. The highest BCUT2D eigenvalue weighted by molar-refractivity contribution is 5.58. The van der Waals surface area contributed by atoms with E-state index < -0.39 is 11.1 Å². The number of hydrogen-bond acceptors (Lipinski definition) is 4. The number of rotatable bonds is 3.